The second kappa shape index (κ2) is 6.31. The van der Waals surface area contributed by atoms with Crippen molar-refractivity contribution in [1.82, 2.24) is 15.2 Å². The summed E-state index contributed by atoms with van der Waals surface area (Å²) < 4.78 is 5.46. The second-order valence-electron chi connectivity index (χ2n) is 6.30. The van der Waals surface area contributed by atoms with Gasteiger partial charge in [-0.05, 0) is 45.7 Å². The number of ether oxygens (including phenoxy) is 1. The first-order valence-electron chi connectivity index (χ1n) is 7.28. The predicted molar refractivity (Wildman–Crippen MR) is 78.5 cm³/mol. The summed E-state index contributed by atoms with van der Waals surface area (Å²) >= 11 is 0. The molecule has 1 aromatic rings. The Hall–Kier alpha value is -1.49. The van der Waals surface area contributed by atoms with Gasteiger partial charge in [-0.2, -0.15) is 0 Å². The molecule has 0 saturated carbocycles. The van der Waals surface area contributed by atoms with Crippen molar-refractivity contribution in [3.8, 4) is 0 Å². The molecule has 2 heterocycles. The third-order valence-electron chi connectivity index (χ3n) is 3.36. The fourth-order valence-corrected chi connectivity index (χ4v) is 2.46. The molecule has 1 saturated heterocycles. The van der Waals surface area contributed by atoms with Crippen LogP contribution in [-0.2, 0) is 11.3 Å². The van der Waals surface area contributed by atoms with Gasteiger partial charge in [0, 0.05) is 37.6 Å². The summed E-state index contributed by atoms with van der Waals surface area (Å²) in [6, 6.07) is 4.27. The minimum absolute atomic E-state index is 0.193. The van der Waals surface area contributed by atoms with E-state index >= 15 is 0 Å². The lowest BCUT2D eigenvalue weighted by atomic mass is 10.2. The Bertz CT molecular complexity index is 423. The third-order valence-corrected chi connectivity index (χ3v) is 3.36. The van der Waals surface area contributed by atoms with E-state index < -0.39 is 5.60 Å². The fourth-order valence-electron chi connectivity index (χ4n) is 2.46. The van der Waals surface area contributed by atoms with Crippen LogP contribution >= 0.6 is 0 Å². The van der Waals surface area contributed by atoms with Gasteiger partial charge in [-0.1, -0.05) is 0 Å². The molecule has 1 fully saturated rings. The largest absolute Gasteiger partial charge is 0.444 e. The van der Waals surface area contributed by atoms with Crippen molar-refractivity contribution in [2.45, 2.75) is 51.8 Å². The maximum atomic E-state index is 12.1. The molecular weight excluding hydrogens is 254 g/mol. The van der Waals surface area contributed by atoms with Crippen LogP contribution in [0.3, 0.4) is 0 Å². The van der Waals surface area contributed by atoms with Crippen LogP contribution < -0.4 is 5.32 Å². The Morgan fingerprint density at radius 3 is 3.00 bits per heavy atom. The van der Waals surface area contributed by atoms with Gasteiger partial charge in [0.1, 0.15) is 5.60 Å². The van der Waals surface area contributed by atoms with E-state index in [2.05, 4.69) is 10.3 Å². The number of H-pyrrole nitrogens is 1. The highest BCUT2D eigenvalue weighted by molar-refractivity contribution is 5.69. The molecule has 112 valence electrons. The van der Waals surface area contributed by atoms with Gasteiger partial charge in [0.15, 0.2) is 0 Å². The van der Waals surface area contributed by atoms with E-state index in [1.165, 1.54) is 0 Å². The first kappa shape index (κ1) is 14.9. The molecule has 0 aliphatic carbocycles. The molecular formula is C15H25N3O2. The van der Waals surface area contributed by atoms with E-state index in [4.69, 9.17) is 4.74 Å². The quantitative estimate of drug-likeness (QED) is 0.890. The summed E-state index contributed by atoms with van der Waals surface area (Å²) in [6.07, 6.45) is 3.81. The molecule has 5 nitrogen and oxygen atoms in total. The lowest BCUT2D eigenvalue weighted by molar-refractivity contribution is 0.0226. The highest BCUT2D eigenvalue weighted by Gasteiger charge is 2.31. The summed E-state index contributed by atoms with van der Waals surface area (Å²) in [5.74, 6) is 0. The van der Waals surface area contributed by atoms with Crippen LogP contribution in [0.15, 0.2) is 18.3 Å². The van der Waals surface area contributed by atoms with E-state index in [1.807, 2.05) is 44.0 Å². The van der Waals surface area contributed by atoms with Crippen molar-refractivity contribution >= 4 is 6.09 Å². The Balaban J connectivity index is 1.79. The SMILES string of the molecule is CC(C)(C)OC(=O)N1CCCC1CNCc1ccc[nH]1. The zero-order valence-corrected chi connectivity index (χ0v) is 12.6. The van der Waals surface area contributed by atoms with E-state index in [0.29, 0.717) is 0 Å². The van der Waals surface area contributed by atoms with Crippen molar-refractivity contribution in [1.29, 1.82) is 0 Å². The molecule has 1 aromatic heterocycles. The molecule has 1 aliphatic heterocycles. The van der Waals surface area contributed by atoms with Crippen LogP contribution in [0.25, 0.3) is 0 Å². The van der Waals surface area contributed by atoms with E-state index in [-0.39, 0.29) is 12.1 Å². The van der Waals surface area contributed by atoms with Crippen LogP contribution in [0.1, 0.15) is 39.3 Å². The van der Waals surface area contributed by atoms with Crippen molar-refractivity contribution in [2.75, 3.05) is 13.1 Å². The number of amides is 1. The minimum Gasteiger partial charge on any atom is -0.444 e. The number of carbonyl (C=O) groups excluding carboxylic acids is 1. The predicted octanol–water partition coefficient (Wildman–Crippen LogP) is 2.50. The first-order valence-corrected chi connectivity index (χ1v) is 7.28. The van der Waals surface area contributed by atoms with Crippen LogP contribution in [0.5, 0.6) is 0 Å². The van der Waals surface area contributed by atoms with Gasteiger partial charge in [0.05, 0.1) is 0 Å². The van der Waals surface area contributed by atoms with Gasteiger partial charge in [0.25, 0.3) is 0 Å². The lowest BCUT2D eigenvalue weighted by Gasteiger charge is -2.28. The number of hydrogen-bond donors (Lipinski definition) is 2. The average molecular weight is 279 g/mol. The van der Waals surface area contributed by atoms with Crippen molar-refractivity contribution in [3.63, 3.8) is 0 Å². The monoisotopic (exact) mass is 279 g/mol. The number of hydrogen-bond acceptors (Lipinski definition) is 3. The number of aromatic nitrogens is 1. The van der Waals surface area contributed by atoms with Crippen molar-refractivity contribution in [3.05, 3.63) is 24.0 Å². The standard InChI is InChI=1S/C15H25N3O2/c1-15(2,3)20-14(19)18-9-5-7-13(18)11-16-10-12-6-4-8-17-12/h4,6,8,13,16-17H,5,7,9-11H2,1-3H3. The molecule has 2 N–H and O–H groups in total. The molecule has 5 heteroatoms. The smallest absolute Gasteiger partial charge is 0.410 e. The normalized spacial score (nSPS) is 19.4. The summed E-state index contributed by atoms with van der Waals surface area (Å²) in [6.45, 7) is 8.10. The number of rotatable bonds is 4. The van der Waals surface area contributed by atoms with E-state index in [0.717, 1.165) is 38.2 Å². The molecule has 0 bridgehead atoms. The zero-order valence-electron chi connectivity index (χ0n) is 12.6. The molecule has 2 rings (SSSR count). The molecule has 0 aromatic carbocycles. The van der Waals surface area contributed by atoms with Gasteiger partial charge < -0.3 is 19.9 Å². The molecule has 1 atom stereocenters. The van der Waals surface area contributed by atoms with Crippen LogP contribution in [-0.4, -0.2) is 40.7 Å². The lowest BCUT2D eigenvalue weighted by Crippen LogP contribution is -2.44. The van der Waals surface area contributed by atoms with Crippen LogP contribution in [0, 0.1) is 0 Å². The van der Waals surface area contributed by atoms with Crippen molar-refractivity contribution in [2.24, 2.45) is 0 Å². The Kier molecular flexibility index (Phi) is 4.70. The van der Waals surface area contributed by atoms with Gasteiger partial charge in [-0.15, -0.1) is 0 Å². The average Bonchev–Trinajstić information content (AvgIpc) is 2.97. The van der Waals surface area contributed by atoms with Gasteiger partial charge in [0.2, 0.25) is 0 Å². The van der Waals surface area contributed by atoms with Gasteiger partial charge in [-0.25, -0.2) is 4.79 Å². The summed E-state index contributed by atoms with van der Waals surface area (Å²) in [5, 5.41) is 3.40. The van der Waals surface area contributed by atoms with E-state index in [9.17, 15) is 4.79 Å². The Labute approximate surface area is 120 Å². The highest BCUT2D eigenvalue weighted by Crippen LogP contribution is 2.20. The van der Waals surface area contributed by atoms with Crippen molar-refractivity contribution < 1.29 is 9.53 Å². The highest BCUT2D eigenvalue weighted by atomic mass is 16.6. The summed E-state index contributed by atoms with van der Waals surface area (Å²) in [4.78, 5) is 17.1. The molecule has 0 radical (unpaired) electrons. The van der Waals surface area contributed by atoms with Crippen LogP contribution in [0.2, 0.25) is 0 Å². The molecule has 0 spiro atoms. The van der Waals surface area contributed by atoms with Gasteiger partial charge in [-0.3, -0.25) is 0 Å². The Morgan fingerprint density at radius 2 is 2.35 bits per heavy atom. The summed E-state index contributed by atoms with van der Waals surface area (Å²) in [7, 11) is 0. The second-order valence-corrected chi connectivity index (χ2v) is 6.30. The maximum absolute atomic E-state index is 12.1. The zero-order chi connectivity index (χ0) is 14.6. The molecule has 1 unspecified atom stereocenters. The van der Waals surface area contributed by atoms with E-state index in [1.54, 1.807) is 0 Å². The number of aromatic amines is 1. The molecule has 1 aliphatic rings. The number of nitrogens with one attached hydrogen (secondary N) is 2. The molecule has 1 amide bonds. The fraction of sp³-hybridized carbons (Fsp3) is 0.667. The molecule has 20 heavy (non-hydrogen) atoms. The Morgan fingerprint density at radius 1 is 1.55 bits per heavy atom. The number of carbonyl (C=O) groups is 1. The number of likely N-dealkylation sites (tertiary alicyclic amines) is 1. The topological polar surface area (TPSA) is 57.4 Å². The number of nitrogens with zero attached hydrogens (tertiary/aromatic N) is 1. The van der Waals surface area contributed by atoms with Crippen LogP contribution in [0.4, 0.5) is 4.79 Å². The maximum Gasteiger partial charge on any atom is 0.410 e. The van der Waals surface area contributed by atoms with Gasteiger partial charge >= 0.3 is 6.09 Å². The third kappa shape index (κ3) is 4.27. The minimum atomic E-state index is -0.429. The first-order chi connectivity index (χ1) is 9.46. The summed E-state index contributed by atoms with van der Waals surface area (Å²) in [5.41, 5.74) is 0.730.